The molecule has 3 nitrogen and oxygen atoms in total. The fourth-order valence-corrected chi connectivity index (χ4v) is 1.30. The second-order valence-corrected chi connectivity index (χ2v) is 3.51. The van der Waals surface area contributed by atoms with Gasteiger partial charge >= 0.3 is 0 Å². The van der Waals surface area contributed by atoms with Gasteiger partial charge in [0, 0.05) is 11.4 Å². The predicted molar refractivity (Wildman–Crippen MR) is 57.8 cm³/mol. The van der Waals surface area contributed by atoms with Crippen molar-refractivity contribution in [3.8, 4) is 0 Å². The second-order valence-electron chi connectivity index (χ2n) is 3.07. The Morgan fingerprint density at radius 3 is 2.57 bits per heavy atom. The topological polar surface area (TPSA) is 58.6 Å². The van der Waals surface area contributed by atoms with Crippen LogP contribution in [0.4, 0.5) is 0 Å². The minimum absolute atomic E-state index is 0.277. The second kappa shape index (κ2) is 5.50. The monoisotopic (exact) mass is 212 g/mol. The number of nitrogens with two attached hydrogens (primary N) is 1. The van der Waals surface area contributed by atoms with Gasteiger partial charge in [0.15, 0.2) is 0 Å². The third-order valence-electron chi connectivity index (χ3n) is 1.94. The van der Waals surface area contributed by atoms with Gasteiger partial charge < -0.3 is 10.9 Å². The van der Waals surface area contributed by atoms with Gasteiger partial charge in [-0.1, -0.05) is 28.9 Å². The molecule has 0 bridgehead atoms. The molecule has 0 saturated carbocycles. The van der Waals surface area contributed by atoms with Crippen LogP contribution in [0.15, 0.2) is 29.4 Å². The van der Waals surface area contributed by atoms with Crippen molar-refractivity contribution in [2.75, 3.05) is 0 Å². The van der Waals surface area contributed by atoms with Crippen molar-refractivity contribution in [3.05, 3.63) is 34.9 Å². The molecule has 0 heterocycles. The maximum absolute atomic E-state index is 8.31. The molecule has 0 saturated heterocycles. The molecule has 0 aliphatic carbocycles. The lowest BCUT2D eigenvalue weighted by atomic mass is 10.1. The number of halogens is 1. The van der Waals surface area contributed by atoms with Crippen molar-refractivity contribution < 1.29 is 5.21 Å². The van der Waals surface area contributed by atoms with E-state index in [0.717, 1.165) is 17.9 Å². The quantitative estimate of drug-likeness (QED) is 0.349. The van der Waals surface area contributed by atoms with E-state index in [1.807, 2.05) is 24.3 Å². The summed E-state index contributed by atoms with van der Waals surface area (Å²) in [5, 5.41) is 12.0. The number of hydrogen-bond acceptors (Lipinski definition) is 2. The van der Waals surface area contributed by atoms with Crippen LogP contribution in [-0.4, -0.2) is 11.0 Å². The molecule has 3 N–H and O–H groups in total. The largest absolute Gasteiger partial charge is 0.409 e. The Balaban J connectivity index is 2.35. The van der Waals surface area contributed by atoms with Crippen LogP contribution in [0.5, 0.6) is 0 Å². The molecule has 4 heteroatoms. The molecular formula is C10H13ClN2O. The van der Waals surface area contributed by atoms with Gasteiger partial charge in [-0.05, 0) is 30.5 Å². The van der Waals surface area contributed by atoms with Gasteiger partial charge in [0.25, 0.3) is 0 Å². The van der Waals surface area contributed by atoms with Crippen molar-refractivity contribution in [2.45, 2.75) is 19.3 Å². The normalized spacial score (nSPS) is 11.6. The van der Waals surface area contributed by atoms with Crippen molar-refractivity contribution in [2.24, 2.45) is 10.9 Å². The van der Waals surface area contributed by atoms with E-state index in [1.165, 1.54) is 5.56 Å². The Bertz CT molecular complexity index is 308. The highest BCUT2D eigenvalue weighted by Gasteiger charge is 1.96. The van der Waals surface area contributed by atoms with Crippen molar-refractivity contribution in [1.29, 1.82) is 0 Å². The Labute approximate surface area is 88.2 Å². The van der Waals surface area contributed by atoms with Crippen LogP contribution in [0.3, 0.4) is 0 Å². The molecule has 14 heavy (non-hydrogen) atoms. The number of nitrogens with zero attached hydrogens (tertiary/aromatic N) is 1. The average molecular weight is 213 g/mol. The zero-order chi connectivity index (χ0) is 10.4. The van der Waals surface area contributed by atoms with E-state index in [-0.39, 0.29) is 5.84 Å². The zero-order valence-corrected chi connectivity index (χ0v) is 8.54. The Kier molecular flexibility index (Phi) is 4.26. The summed E-state index contributed by atoms with van der Waals surface area (Å²) in [7, 11) is 0. The van der Waals surface area contributed by atoms with Crippen LogP contribution in [0.1, 0.15) is 18.4 Å². The first kappa shape index (κ1) is 10.9. The maximum atomic E-state index is 8.31. The summed E-state index contributed by atoms with van der Waals surface area (Å²) < 4.78 is 0. The Hall–Kier alpha value is -1.22. The van der Waals surface area contributed by atoms with Crippen LogP contribution < -0.4 is 5.73 Å². The lowest BCUT2D eigenvalue weighted by molar-refractivity contribution is 0.316. The van der Waals surface area contributed by atoms with Crippen LogP contribution in [0.25, 0.3) is 0 Å². The molecule has 76 valence electrons. The molecule has 0 aliphatic rings. The van der Waals surface area contributed by atoms with E-state index in [4.69, 9.17) is 22.5 Å². The van der Waals surface area contributed by atoms with Gasteiger partial charge in [0.05, 0.1) is 0 Å². The first-order valence-electron chi connectivity index (χ1n) is 4.43. The first-order valence-corrected chi connectivity index (χ1v) is 4.81. The van der Waals surface area contributed by atoms with Crippen LogP contribution in [0.2, 0.25) is 5.02 Å². The van der Waals surface area contributed by atoms with E-state index in [1.54, 1.807) is 0 Å². The van der Waals surface area contributed by atoms with Crippen LogP contribution >= 0.6 is 11.6 Å². The number of benzene rings is 1. The molecule has 0 spiro atoms. The summed E-state index contributed by atoms with van der Waals surface area (Å²) in [5.74, 6) is 0.277. The number of oxime groups is 1. The molecular weight excluding hydrogens is 200 g/mol. The molecule has 0 unspecified atom stereocenters. The lowest BCUT2D eigenvalue weighted by Gasteiger charge is -2.00. The van der Waals surface area contributed by atoms with E-state index in [0.29, 0.717) is 6.42 Å². The minimum atomic E-state index is 0.277. The summed E-state index contributed by atoms with van der Waals surface area (Å²) in [4.78, 5) is 0. The van der Waals surface area contributed by atoms with Crippen LogP contribution in [-0.2, 0) is 6.42 Å². The van der Waals surface area contributed by atoms with Gasteiger partial charge in [-0.25, -0.2) is 0 Å². The fraction of sp³-hybridized carbons (Fsp3) is 0.300. The third-order valence-corrected chi connectivity index (χ3v) is 2.19. The third kappa shape index (κ3) is 3.66. The Morgan fingerprint density at radius 2 is 2.00 bits per heavy atom. The SMILES string of the molecule is N/C(CCCc1ccc(Cl)cc1)=N\O. The van der Waals surface area contributed by atoms with E-state index in [9.17, 15) is 0 Å². The number of rotatable bonds is 4. The summed E-state index contributed by atoms with van der Waals surface area (Å²) in [6.07, 6.45) is 2.39. The molecule has 1 aromatic rings. The number of aryl methyl sites for hydroxylation is 1. The Morgan fingerprint density at radius 1 is 1.36 bits per heavy atom. The fourth-order valence-electron chi connectivity index (χ4n) is 1.17. The van der Waals surface area contributed by atoms with Crippen molar-refractivity contribution >= 4 is 17.4 Å². The highest BCUT2D eigenvalue weighted by molar-refractivity contribution is 6.30. The summed E-state index contributed by atoms with van der Waals surface area (Å²) >= 11 is 5.75. The van der Waals surface area contributed by atoms with E-state index < -0.39 is 0 Å². The van der Waals surface area contributed by atoms with Gasteiger partial charge in [-0.2, -0.15) is 0 Å². The molecule has 0 atom stereocenters. The van der Waals surface area contributed by atoms with Crippen molar-refractivity contribution in [1.82, 2.24) is 0 Å². The van der Waals surface area contributed by atoms with Gasteiger partial charge in [-0.3, -0.25) is 0 Å². The summed E-state index contributed by atoms with van der Waals surface area (Å²) in [6, 6.07) is 7.68. The van der Waals surface area contributed by atoms with Crippen LogP contribution in [0, 0.1) is 0 Å². The highest BCUT2D eigenvalue weighted by atomic mass is 35.5. The molecule has 1 aromatic carbocycles. The molecule has 0 aromatic heterocycles. The molecule has 1 rings (SSSR count). The van der Waals surface area contributed by atoms with E-state index >= 15 is 0 Å². The lowest BCUT2D eigenvalue weighted by Crippen LogP contribution is -2.11. The number of hydrogen-bond donors (Lipinski definition) is 2. The van der Waals surface area contributed by atoms with Gasteiger partial charge in [0.2, 0.25) is 0 Å². The molecule has 0 amide bonds. The summed E-state index contributed by atoms with van der Waals surface area (Å²) in [6.45, 7) is 0. The van der Waals surface area contributed by atoms with E-state index in [2.05, 4.69) is 5.16 Å². The molecule has 0 fully saturated rings. The first-order chi connectivity index (χ1) is 6.72. The van der Waals surface area contributed by atoms with Gasteiger partial charge in [-0.15, -0.1) is 0 Å². The maximum Gasteiger partial charge on any atom is 0.139 e. The van der Waals surface area contributed by atoms with Crippen molar-refractivity contribution in [3.63, 3.8) is 0 Å². The standard InChI is InChI=1S/C10H13ClN2O/c11-9-6-4-8(5-7-9)2-1-3-10(12)13-14/h4-7,14H,1-3H2,(H2,12,13). The molecule has 0 aliphatic heterocycles. The number of amidine groups is 1. The highest BCUT2D eigenvalue weighted by Crippen LogP contribution is 2.11. The molecule has 0 radical (unpaired) electrons. The average Bonchev–Trinajstić information content (AvgIpc) is 2.21. The summed E-state index contributed by atoms with van der Waals surface area (Å²) in [5.41, 5.74) is 6.55. The predicted octanol–water partition coefficient (Wildman–Crippen LogP) is 2.41. The van der Waals surface area contributed by atoms with Gasteiger partial charge in [0.1, 0.15) is 5.84 Å². The smallest absolute Gasteiger partial charge is 0.139 e. The minimum Gasteiger partial charge on any atom is -0.409 e. The zero-order valence-electron chi connectivity index (χ0n) is 7.78.